The zero-order valence-corrected chi connectivity index (χ0v) is 22.7. The highest BCUT2D eigenvalue weighted by Gasteiger charge is 2.37. The molecule has 0 spiro atoms. The van der Waals surface area contributed by atoms with Crippen molar-refractivity contribution in [3.05, 3.63) is 41.3 Å². The van der Waals surface area contributed by atoms with Crippen molar-refractivity contribution in [1.82, 2.24) is 10.3 Å². The first kappa shape index (κ1) is 27.4. The van der Waals surface area contributed by atoms with Crippen LogP contribution in [0.25, 0.3) is 0 Å². The van der Waals surface area contributed by atoms with Gasteiger partial charge in [-0.3, -0.25) is 9.36 Å². The molecule has 8 nitrogen and oxygen atoms in total. The normalized spacial score (nSPS) is 14.8. The fourth-order valence-electron chi connectivity index (χ4n) is 4.10. The van der Waals surface area contributed by atoms with E-state index in [2.05, 4.69) is 36.0 Å². The zero-order valence-electron chi connectivity index (χ0n) is 21.8. The number of carbonyl (C=O) groups is 1. The minimum atomic E-state index is -3.58. The largest absolute Gasteiger partial charge is 0.424 e. The Kier molecular flexibility index (Phi) is 9.56. The van der Waals surface area contributed by atoms with Crippen LogP contribution in [-0.4, -0.2) is 43.7 Å². The lowest BCUT2D eigenvalue weighted by Crippen LogP contribution is -2.33. The van der Waals surface area contributed by atoms with Crippen LogP contribution in [0.2, 0.25) is 0 Å². The molecule has 1 N–H and O–H groups in total. The van der Waals surface area contributed by atoms with Crippen LogP contribution in [0.3, 0.4) is 0 Å². The number of piperidine rings is 1. The molecule has 9 heteroatoms. The summed E-state index contributed by atoms with van der Waals surface area (Å²) in [5.41, 5.74) is 2.14. The number of anilines is 1. The molecule has 3 rings (SSSR count). The second kappa shape index (κ2) is 12.2. The van der Waals surface area contributed by atoms with E-state index in [9.17, 15) is 9.36 Å². The molecule has 1 aromatic heterocycles. The average molecular weight is 506 g/mol. The van der Waals surface area contributed by atoms with Crippen molar-refractivity contribution < 1.29 is 22.8 Å². The number of rotatable bonds is 11. The number of aryl methyl sites for hydroxylation is 1. The van der Waals surface area contributed by atoms with Gasteiger partial charge in [-0.2, -0.15) is 0 Å². The molecular formula is C26H40N3O5P. The first-order valence-electron chi connectivity index (χ1n) is 12.7. The van der Waals surface area contributed by atoms with Gasteiger partial charge in [-0.05, 0) is 62.6 Å². The van der Waals surface area contributed by atoms with Crippen LogP contribution < -0.4 is 15.7 Å². The molecule has 1 aromatic carbocycles. The highest BCUT2D eigenvalue weighted by atomic mass is 31.2. The molecule has 0 aliphatic carbocycles. The summed E-state index contributed by atoms with van der Waals surface area (Å²) < 4.78 is 30.7. The molecule has 1 fully saturated rings. The van der Waals surface area contributed by atoms with E-state index in [1.165, 1.54) is 12.0 Å². The molecule has 0 bridgehead atoms. The summed E-state index contributed by atoms with van der Waals surface area (Å²) in [5, 5.41) is 2.96. The van der Waals surface area contributed by atoms with Gasteiger partial charge in [0.2, 0.25) is 11.3 Å². The molecule has 1 amide bonds. The molecule has 1 aliphatic heterocycles. The monoisotopic (exact) mass is 505 g/mol. The molecule has 2 aromatic rings. The van der Waals surface area contributed by atoms with Gasteiger partial charge in [0.25, 0.3) is 5.91 Å². The van der Waals surface area contributed by atoms with E-state index in [0.717, 1.165) is 25.9 Å². The lowest BCUT2D eigenvalue weighted by atomic mass is 9.87. The van der Waals surface area contributed by atoms with E-state index in [4.69, 9.17) is 13.5 Å². The van der Waals surface area contributed by atoms with Crippen LogP contribution in [0.1, 0.15) is 82.1 Å². The Bertz CT molecular complexity index is 997. The predicted molar refractivity (Wildman–Crippen MR) is 139 cm³/mol. The maximum absolute atomic E-state index is 13.5. The minimum absolute atomic E-state index is 0.0469. The van der Waals surface area contributed by atoms with Gasteiger partial charge in [-0.25, -0.2) is 4.98 Å². The zero-order chi connectivity index (χ0) is 25.5. The van der Waals surface area contributed by atoms with Gasteiger partial charge in [0.05, 0.1) is 13.2 Å². The van der Waals surface area contributed by atoms with Crippen LogP contribution in [-0.2, 0) is 25.4 Å². The second-order valence-corrected chi connectivity index (χ2v) is 11.7. The Labute approximate surface area is 209 Å². The molecular weight excluding hydrogens is 465 g/mol. The number of carbonyl (C=O) groups excluding carboxylic acids is 1. The predicted octanol–water partition coefficient (Wildman–Crippen LogP) is 5.22. The third kappa shape index (κ3) is 7.18. The van der Waals surface area contributed by atoms with Crippen LogP contribution in [0.4, 0.5) is 5.88 Å². The van der Waals surface area contributed by atoms with Crippen molar-refractivity contribution in [3.63, 3.8) is 0 Å². The quantitative estimate of drug-likeness (QED) is 0.331. The summed E-state index contributed by atoms with van der Waals surface area (Å²) in [6.45, 7) is 12.6. The van der Waals surface area contributed by atoms with Crippen molar-refractivity contribution in [2.75, 3.05) is 37.7 Å². The summed E-state index contributed by atoms with van der Waals surface area (Å²) >= 11 is 0. The maximum atomic E-state index is 13.5. The van der Waals surface area contributed by atoms with Crippen molar-refractivity contribution in [2.45, 2.75) is 72.1 Å². The van der Waals surface area contributed by atoms with E-state index >= 15 is 0 Å². The van der Waals surface area contributed by atoms with E-state index in [1.54, 1.807) is 13.8 Å². The standard InChI is InChI=1S/C26H40N3O5P/c1-6-32-35(31,33-7-2)24-25(29-18-9-8-10-19-29)34-22(28-24)12-11-17-27-23(30)20-13-15-21(16-14-20)26(3,4)5/h13-16H,6-12,17-19H2,1-5H3,(H,27,30). The number of aromatic nitrogens is 1. The number of amides is 1. The average Bonchev–Trinajstić information content (AvgIpc) is 3.27. The molecule has 0 radical (unpaired) electrons. The number of nitrogens with one attached hydrogen (secondary N) is 1. The fraction of sp³-hybridized carbons (Fsp3) is 0.615. The topological polar surface area (TPSA) is 93.9 Å². The van der Waals surface area contributed by atoms with Crippen LogP contribution in [0, 0.1) is 0 Å². The summed E-state index contributed by atoms with van der Waals surface area (Å²) in [6, 6.07) is 7.72. The molecule has 0 unspecified atom stereocenters. The summed E-state index contributed by atoms with van der Waals surface area (Å²) in [7, 11) is -3.58. The summed E-state index contributed by atoms with van der Waals surface area (Å²) in [4.78, 5) is 19.2. The van der Waals surface area contributed by atoms with Gasteiger partial charge in [-0.15, -0.1) is 0 Å². The lowest BCUT2D eigenvalue weighted by Gasteiger charge is -2.27. The fourth-order valence-corrected chi connectivity index (χ4v) is 5.75. The van der Waals surface area contributed by atoms with E-state index in [1.807, 2.05) is 24.3 Å². The molecule has 0 atom stereocenters. The second-order valence-electron chi connectivity index (χ2n) is 9.80. The molecule has 1 aliphatic rings. The van der Waals surface area contributed by atoms with Crippen LogP contribution in [0.5, 0.6) is 0 Å². The van der Waals surface area contributed by atoms with Gasteiger partial charge in [0.1, 0.15) is 0 Å². The highest BCUT2D eigenvalue weighted by molar-refractivity contribution is 7.62. The Morgan fingerprint density at radius 3 is 2.29 bits per heavy atom. The highest BCUT2D eigenvalue weighted by Crippen LogP contribution is 2.49. The first-order valence-corrected chi connectivity index (χ1v) is 14.2. The Balaban J connectivity index is 1.65. The molecule has 0 saturated carbocycles. The van der Waals surface area contributed by atoms with Crippen LogP contribution in [0.15, 0.2) is 28.7 Å². The summed E-state index contributed by atoms with van der Waals surface area (Å²) in [5.74, 6) is 0.863. The Morgan fingerprint density at radius 2 is 1.71 bits per heavy atom. The molecule has 1 saturated heterocycles. The lowest BCUT2D eigenvalue weighted by molar-refractivity contribution is 0.0953. The van der Waals surface area contributed by atoms with Gasteiger partial charge < -0.3 is 23.7 Å². The van der Waals surface area contributed by atoms with Gasteiger partial charge in [0.15, 0.2) is 5.89 Å². The Hall–Kier alpha value is -2.15. The third-order valence-electron chi connectivity index (χ3n) is 6.00. The van der Waals surface area contributed by atoms with Gasteiger partial charge in [-0.1, -0.05) is 32.9 Å². The molecule has 35 heavy (non-hydrogen) atoms. The number of hydrogen-bond acceptors (Lipinski definition) is 7. The van der Waals surface area contributed by atoms with Gasteiger partial charge >= 0.3 is 7.60 Å². The first-order chi connectivity index (χ1) is 16.7. The number of benzene rings is 1. The van der Waals surface area contributed by atoms with E-state index < -0.39 is 7.60 Å². The van der Waals surface area contributed by atoms with Crippen LogP contribution >= 0.6 is 7.60 Å². The number of nitrogens with zero attached hydrogens (tertiary/aromatic N) is 2. The smallest absolute Gasteiger partial charge is 0.385 e. The SMILES string of the molecule is CCOP(=O)(OCC)c1nc(CCCNC(=O)c2ccc(C(C)(C)C)cc2)oc1N1CCCCC1. The minimum Gasteiger partial charge on any atom is -0.424 e. The third-order valence-corrected chi connectivity index (χ3v) is 8.01. The van der Waals surface area contributed by atoms with E-state index in [-0.39, 0.29) is 30.0 Å². The van der Waals surface area contributed by atoms with Crippen molar-refractivity contribution in [3.8, 4) is 0 Å². The Morgan fingerprint density at radius 1 is 1.09 bits per heavy atom. The van der Waals surface area contributed by atoms with Gasteiger partial charge in [0, 0.05) is 31.6 Å². The number of oxazole rings is 1. The van der Waals surface area contributed by atoms with E-state index in [0.29, 0.717) is 36.7 Å². The maximum Gasteiger partial charge on any atom is 0.385 e. The van der Waals surface area contributed by atoms with Crippen molar-refractivity contribution in [1.29, 1.82) is 0 Å². The summed E-state index contributed by atoms with van der Waals surface area (Å²) in [6.07, 6.45) is 4.40. The molecule has 2 heterocycles. The van der Waals surface area contributed by atoms with Crippen molar-refractivity contribution in [2.24, 2.45) is 0 Å². The van der Waals surface area contributed by atoms with Crippen molar-refractivity contribution >= 4 is 24.8 Å². The molecule has 194 valence electrons. The number of hydrogen-bond donors (Lipinski definition) is 1.